The van der Waals surface area contributed by atoms with Crippen LogP contribution >= 0.6 is 0 Å². The van der Waals surface area contributed by atoms with E-state index in [1.165, 1.54) is 22.4 Å². The number of rotatable bonds is 6. The maximum absolute atomic E-state index is 13.5. The zero-order valence-corrected chi connectivity index (χ0v) is 23.6. The van der Waals surface area contributed by atoms with E-state index in [1.54, 1.807) is 0 Å². The molecule has 0 radical (unpaired) electrons. The molecule has 2 atom stereocenters. The van der Waals surface area contributed by atoms with Gasteiger partial charge in [0.15, 0.2) is 0 Å². The number of likely N-dealkylation sites (N-methyl/N-ethyl adjacent to an activating group) is 1. The lowest BCUT2D eigenvalue weighted by atomic mass is 9.61. The number of carbonyl (C=O) groups is 1. The van der Waals surface area contributed by atoms with Gasteiger partial charge in [0.1, 0.15) is 0 Å². The van der Waals surface area contributed by atoms with Gasteiger partial charge in [0, 0.05) is 76.8 Å². The molecule has 1 amide bonds. The van der Waals surface area contributed by atoms with Crippen LogP contribution in [0.5, 0.6) is 0 Å². The predicted molar refractivity (Wildman–Crippen MR) is 154 cm³/mol. The predicted octanol–water partition coefficient (Wildman–Crippen LogP) is 3.44. The number of β-amino-alcohol motifs (C(OH)–C–C–N with tert-alkyl or cyclic N) is 1. The van der Waals surface area contributed by atoms with Crippen molar-refractivity contribution in [3.63, 3.8) is 0 Å². The van der Waals surface area contributed by atoms with Gasteiger partial charge < -0.3 is 25.0 Å². The molecular weight excluding hydrogens is 488 g/mol. The number of likely N-dealkylation sites (tertiary alicyclic amines) is 1. The van der Waals surface area contributed by atoms with Crippen LogP contribution in [0.3, 0.4) is 0 Å². The summed E-state index contributed by atoms with van der Waals surface area (Å²) in [5.41, 5.74) is 6.27. The minimum atomic E-state index is -0.437. The third-order valence-corrected chi connectivity index (χ3v) is 9.92. The van der Waals surface area contributed by atoms with Gasteiger partial charge in [-0.15, -0.1) is 0 Å². The SMILES string of the molecule is CCN1CCN(C[C@@H](O)[C@@H]2Cc3ccccc3CN2)Cc2ccc(C(=O)N3CCC4(CC3)CC(OC)C4)cc21. The molecule has 7 heteroatoms. The van der Waals surface area contributed by atoms with Gasteiger partial charge in [0.2, 0.25) is 0 Å². The molecular formula is C32H44N4O3. The first-order valence-electron chi connectivity index (χ1n) is 14.9. The highest BCUT2D eigenvalue weighted by Gasteiger charge is 2.46. The molecule has 3 aliphatic heterocycles. The van der Waals surface area contributed by atoms with Crippen LogP contribution < -0.4 is 10.2 Å². The Morgan fingerprint density at radius 3 is 2.59 bits per heavy atom. The third-order valence-electron chi connectivity index (χ3n) is 9.92. The van der Waals surface area contributed by atoms with E-state index in [9.17, 15) is 9.90 Å². The number of hydrogen-bond acceptors (Lipinski definition) is 6. The lowest BCUT2D eigenvalue weighted by Gasteiger charge is -2.51. The zero-order valence-electron chi connectivity index (χ0n) is 23.6. The molecule has 1 saturated heterocycles. The van der Waals surface area contributed by atoms with Crippen molar-refractivity contribution >= 4 is 11.6 Å². The van der Waals surface area contributed by atoms with Crippen molar-refractivity contribution in [3.05, 3.63) is 64.7 Å². The topological polar surface area (TPSA) is 68.3 Å². The maximum atomic E-state index is 13.5. The molecule has 3 heterocycles. The van der Waals surface area contributed by atoms with E-state index in [0.717, 1.165) is 83.5 Å². The molecule has 1 saturated carbocycles. The summed E-state index contributed by atoms with van der Waals surface area (Å²) >= 11 is 0. The van der Waals surface area contributed by atoms with Crippen molar-refractivity contribution in [1.82, 2.24) is 15.1 Å². The number of benzene rings is 2. The number of ether oxygens (including phenoxy) is 1. The Balaban J connectivity index is 1.10. The summed E-state index contributed by atoms with van der Waals surface area (Å²) in [7, 11) is 1.81. The quantitative estimate of drug-likeness (QED) is 0.594. The summed E-state index contributed by atoms with van der Waals surface area (Å²) in [6.45, 7) is 8.78. The van der Waals surface area contributed by atoms with Crippen LogP contribution in [0.1, 0.15) is 59.7 Å². The molecule has 4 aliphatic rings. The highest BCUT2D eigenvalue weighted by Crippen LogP contribution is 2.50. The monoisotopic (exact) mass is 532 g/mol. The number of methoxy groups -OCH3 is 1. The van der Waals surface area contributed by atoms with Crippen LogP contribution in [-0.2, 0) is 24.2 Å². The van der Waals surface area contributed by atoms with Gasteiger partial charge >= 0.3 is 0 Å². The molecule has 6 rings (SSSR count). The molecule has 0 aromatic heterocycles. The molecule has 0 unspecified atom stereocenters. The third kappa shape index (κ3) is 5.47. The Labute approximate surface area is 233 Å². The van der Waals surface area contributed by atoms with Crippen LogP contribution in [-0.4, -0.2) is 85.4 Å². The second-order valence-electron chi connectivity index (χ2n) is 12.2. The van der Waals surface area contributed by atoms with Crippen LogP contribution in [0.2, 0.25) is 0 Å². The van der Waals surface area contributed by atoms with Gasteiger partial charge in [-0.25, -0.2) is 0 Å². The second kappa shape index (κ2) is 11.2. The Kier molecular flexibility index (Phi) is 7.68. The Morgan fingerprint density at radius 2 is 1.85 bits per heavy atom. The van der Waals surface area contributed by atoms with E-state index in [-0.39, 0.29) is 11.9 Å². The standard InChI is InChI=1S/C32H44N4O3/c1-3-35-15-14-34(22-30(37)28-16-23-6-4-5-7-25(23)20-33-28)21-26-9-8-24(17-29(26)35)31(38)36-12-10-32(11-13-36)18-27(19-32)39-2/h4-9,17,27-28,30,33,37H,3,10-16,18-22H2,1-2H3/t28-,30+/m0/s1. The highest BCUT2D eigenvalue weighted by atomic mass is 16.5. The normalized spacial score (nSPS) is 24.0. The summed E-state index contributed by atoms with van der Waals surface area (Å²) in [5, 5.41) is 14.7. The molecule has 0 bridgehead atoms. The molecule has 39 heavy (non-hydrogen) atoms. The van der Waals surface area contributed by atoms with Crippen LogP contribution in [0.25, 0.3) is 0 Å². The van der Waals surface area contributed by atoms with Crippen molar-refractivity contribution in [2.45, 2.75) is 70.4 Å². The Bertz CT molecular complexity index is 1170. The smallest absolute Gasteiger partial charge is 0.253 e. The fraction of sp³-hybridized carbons (Fsp3) is 0.594. The lowest BCUT2D eigenvalue weighted by molar-refractivity contribution is -0.0841. The molecule has 7 nitrogen and oxygen atoms in total. The maximum Gasteiger partial charge on any atom is 0.253 e. The number of carbonyl (C=O) groups excluding carboxylic acids is 1. The first-order chi connectivity index (χ1) is 19.0. The first kappa shape index (κ1) is 26.8. The second-order valence-corrected chi connectivity index (χ2v) is 12.2. The zero-order chi connectivity index (χ0) is 27.0. The van der Waals surface area contributed by atoms with Gasteiger partial charge in [-0.1, -0.05) is 30.3 Å². The molecule has 2 fully saturated rings. The van der Waals surface area contributed by atoms with E-state index in [1.807, 2.05) is 13.2 Å². The van der Waals surface area contributed by atoms with Crippen molar-refractivity contribution in [2.75, 3.05) is 51.3 Å². The van der Waals surface area contributed by atoms with E-state index in [2.05, 4.69) is 63.3 Å². The summed E-state index contributed by atoms with van der Waals surface area (Å²) < 4.78 is 5.51. The van der Waals surface area contributed by atoms with E-state index in [4.69, 9.17) is 4.74 Å². The average molecular weight is 533 g/mol. The Morgan fingerprint density at radius 1 is 1.08 bits per heavy atom. The number of aliphatic hydroxyl groups is 1. The lowest BCUT2D eigenvalue weighted by Crippen LogP contribution is -2.50. The molecule has 2 aromatic rings. The molecule has 1 aliphatic carbocycles. The van der Waals surface area contributed by atoms with Crippen LogP contribution in [0.4, 0.5) is 5.69 Å². The largest absolute Gasteiger partial charge is 0.390 e. The van der Waals surface area contributed by atoms with Gasteiger partial charge in [-0.05, 0) is 73.3 Å². The van der Waals surface area contributed by atoms with Gasteiger partial charge in [-0.3, -0.25) is 9.69 Å². The highest BCUT2D eigenvalue weighted by molar-refractivity contribution is 5.95. The van der Waals surface area contributed by atoms with Gasteiger partial charge in [0.05, 0.1) is 12.2 Å². The Hall–Kier alpha value is -2.45. The number of aliphatic hydroxyl groups excluding tert-OH is 1. The van der Waals surface area contributed by atoms with Gasteiger partial charge in [0.25, 0.3) is 5.91 Å². The summed E-state index contributed by atoms with van der Waals surface area (Å²) in [4.78, 5) is 20.3. The molecule has 2 N–H and O–H groups in total. The van der Waals surface area contributed by atoms with Crippen molar-refractivity contribution in [1.29, 1.82) is 0 Å². The van der Waals surface area contributed by atoms with Crippen molar-refractivity contribution in [3.8, 4) is 0 Å². The summed E-state index contributed by atoms with van der Waals surface area (Å²) in [5.74, 6) is 0.159. The fourth-order valence-corrected chi connectivity index (χ4v) is 7.30. The summed E-state index contributed by atoms with van der Waals surface area (Å²) in [6, 6.07) is 14.9. The van der Waals surface area contributed by atoms with Gasteiger partial charge in [-0.2, -0.15) is 0 Å². The molecule has 1 spiro atoms. The average Bonchev–Trinajstić information content (AvgIpc) is 3.13. The fourth-order valence-electron chi connectivity index (χ4n) is 7.30. The van der Waals surface area contributed by atoms with Crippen molar-refractivity contribution < 1.29 is 14.6 Å². The van der Waals surface area contributed by atoms with Crippen molar-refractivity contribution in [2.24, 2.45) is 5.41 Å². The molecule has 2 aromatic carbocycles. The minimum Gasteiger partial charge on any atom is -0.390 e. The number of piperidine rings is 1. The number of anilines is 1. The minimum absolute atomic E-state index is 0.0638. The van der Waals surface area contributed by atoms with Crippen LogP contribution in [0.15, 0.2) is 42.5 Å². The number of nitrogens with one attached hydrogen (secondary N) is 1. The number of hydrogen-bond donors (Lipinski definition) is 2. The van der Waals surface area contributed by atoms with E-state index < -0.39 is 6.10 Å². The van der Waals surface area contributed by atoms with Crippen LogP contribution in [0, 0.1) is 5.41 Å². The number of nitrogens with zero attached hydrogens (tertiary/aromatic N) is 3. The van der Waals surface area contributed by atoms with E-state index >= 15 is 0 Å². The molecule has 210 valence electrons. The number of fused-ring (bicyclic) bond motifs is 2. The first-order valence-corrected chi connectivity index (χ1v) is 14.9. The number of amides is 1. The van der Waals surface area contributed by atoms with E-state index in [0.29, 0.717) is 18.1 Å². The summed E-state index contributed by atoms with van der Waals surface area (Å²) in [6.07, 6.45) is 5.29.